The monoisotopic (exact) mass is 278 g/mol. The molecule has 1 atom stereocenters. The molecule has 1 fully saturated rings. The van der Waals surface area contributed by atoms with Gasteiger partial charge in [0.15, 0.2) is 0 Å². The van der Waals surface area contributed by atoms with Crippen LogP contribution in [0.15, 0.2) is 48.5 Å². The van der Waals surface area contributed by atoms with Gasteiger partial charge >= 0.3 is 0 Å². The van der Waals surface area contributed by atoms with Crippen LogP contribution in [0.5, 0.6) is 0 Å². The highest BCUT2D eigenvalue weighted by molar-refractivity contribution is 5.78. The van der Waals surface area contributed by atoms with E-state index in [-0.39, 0.29) is 6.10 Å². The van der Waals surface area contributed by atoms with Crippen LogP contribution in [0, 0.1) is 12.8 Å². The highest BCUT2D eigenvalue weighted by Crippen LogP contribution is 2.40. The van der Waals surface area contributed by atoms with Gasteiger partial charge in [0.2, 0.25) is 0 Å². The first-order valence-corrected chi connectivity index (χ1v) is 7.46. The summed E-state index contributed by atoms with van der Waals surface area (Å²) in [5, 5.41) is 10.2. The van der Waals surface area contributed by atoms with Gasteiger partial charge < -0.3 is 5.11 Å². The number of hydrogen-bond acceptors (Lipinski definition) is 2. The summed E-state index contributed by atoms with van der Waals surface area (Å²) in [5.74, 6) is 1.44. The molecule has 0 radical (unpaired) electrons. The molecule has 1 aliphatic carbocycles. The number of aromatic nitrogens is 2. The largest absolute Gasteiger partial charge is 0.388 e. The average Bonchev–Trinajstić information content (AvgIpc) is 3.29. The van der Waals surface area contributed by atoms with E-state index in [4.69, 9.17) is 0 Å². The quantitative estimate of drug-likeness (QED) is 0.791. The third-order valence-corrected chi connectivity index (χ3v) is 4.29. The summed E-state index contributed by atoms with van der Waals surface area (Å²) in [5.41, 5.74) is 4.24. The lowest BCUT2D eigenvalue weighted by molar-refractivity contribution is 0.154. The molecule has 0 saturated heterocycles. The number of rotatable bonds is 3. The lowest BCUT2D eigenvalue weighted by Gasteiger charge is -2.12. The van der Waals surface area contributed by atoms with Crippen LogP contribution in [0.1, 0.15) is 30.3 Å². The molecule has 3 aromatic rings. The molecule has 3 heteroatoms. The molecule has 106 valence electrons. The Labute approximate surface area is 123 Å². The topological polar surface area (TPSA) is 38.0 Å². The number of aliphatic hydroxyl groups is 1. The smallest absolute Gasteiger partial charge is 0.111 e. The number of benzene rings is 2. The number of hydrogen-bond donors (Lipinski definition) is 1. The molecule has 1 heterocycles. The number of imidazole rings is 1. The van der Waals surface area contributed by atoms with Crippen molar-refractivity contribution in [1.82, 2.24) is 9.55 Å². The maximum absolute atomic E-state index is 10.2. The predicted molar refractivity (Wildman–Crippen MR) is 83.5 cm³/mol. The first-order chi connectivity index (χ1) is 10.2. The number of aliphatic hydroxyl groups excluding tert-OH is 1. The summed E-state index contributed by atoms with van der Waals surface area (Å²) in [6.07, 6.45) is 1.99. The first-order valence-electron chi connectivity index (χ1n) is 7.46. The highest BCUT2D eigenvalue weighted by atomic mass is 16.3. The van der Waals surface area contributed by atoms with Crippen LogP contribution in [0.4, 0.5) is 0 Å². The standard InChI is InChI=1S/C18H18N2O/c1-12-19-16-4-2-3-5-17(16)20(12)15-10-8-14(9-11-15)18(21)13-6-7-13/h2-5,8-11,13,18,21H,6-7H2,1H3. The van der Waals surface area contributed by atoms with Gasteiger partial charge in [0.25, 0.3) is 0 Å². The molecule has 4 rings (SSSR count). The van der Waals surface area contributed by atoms with Crippen LogP contribution in [0.25, 0.3) is 16.7 Å². The van der Waals surface area contributed by atoms with Gasteiger partial charge in [0.05, 0.1) is 17.1 Å². The molecule has 1 N–H and O–H groups in total. The zero-order valence-corrected chi connectivity index (χ0v) is 12.0. The summed E-state index contributed by atoms with van der Waals surface area (Å²) in [6.45, 7) is 2.02. The Morgan fingerprint density at radius 3 is 2.52 bits per heavy atom. The van der Waals surface area contributed by atoms with Gasteiger partial charge in [0.1, 0.15) is 5.82 Å². The van der Waals surface area contributed by atoms with Crippen LogP contribution in [0.2, 0.25) is 0 Å². The lowest BCUT2D eigenvalue weighted by Crippen LogP contribution is -2.01. The molecular weight excluding hydrogens is 260 g/mol. The minimum atomic E-state index is -0.306. The van der Waals surface area contributed by atoms with Gasteiger partial charge in [-0.1, -0.05) is 24.3 Å². The number of fused-ring (bicyclic) bond motifs is 1. The molecular formula is C18H18N2O. The van der Waals surface area contributed by atoms with E-state index in [1.54, 1.807) is 0 Å². The van der Waals surface area contributed by atoms with Crippen molar-refractivity contribution in [3.8, 4) is 5.69 Å². The zero-order valence-electron chi connectivity index (χ0n) is 12.0. The highest BCUT2D eigenvalue weighted by Gasteiger charge is 2.30. The van der Waals surface area contributed by atoms with Crippen molar-refractivity contribution >= 4 is 11.0 Å². The molecule has 0 amide bonds. The molecule has 0 spiro atoms. The fourth-order valence-electron chi connectivity index (χ4n) is 2.98. The van der Waals surface area contributed by atoms with E-state index in [2.05, 4.69) is 27.8 Å². The Balaban J connectivity index is 1.76. The van der Waals surface area contributed by atoms with Crippen molar-refractivity contribution in [3.05, 3.63) is 59.9 Å². The van der Waals surface area contributed by atoms with Crippen LogP contribution in [0.3, 0.4) is 0 Å². The second kappa shape index (κ2) is 4.71. The van der Waals surface area contributed by atoms with Crippen LogP contribution < -0.4 is 0 Å². The Morgan fingerprint density at radius 2 is 1.81 bits per heavy atom. The molecule has 3 nitrogen and oxygen atoms in total. The normalized spacial score (nSPS) is 16.3. The first kappa shape index (κ1) is 12.6. The van der Waals surface area contributed by atoms with E-state index < -0.39 is 0 Å². The SMILES string of the molecule is Cc1nc2ccccc2n1-c1ccc(C(O)C2CC2)cc1. The van der Waals surface area contributed by atoms with E-state index in [1.165, 1.54) is 0 Å². The summed E-state index contributed by atoms with van der Waals surface area (Å²) in [6, 6.07) is 16.4. The summed E-state index contributed by atoms with van der Waals surface area (Å²) < 4.78 is 2.16. The van der Waals surface area contributed by atoms with Crippen molar-refractivity contribution in [2.75, 3.05) is 0 Å². The molecule has 0 bridgehead atoms. The van der Waals surface area contributed by atoms with Gasteiger partial charge in [-0.3, -0.25) is 4.57 Å². The van der Waals surface area contributed by atoms with E-state index in [9.17, 15) is 5.11 Å². The van der Waals surface area contributed by atoms with Crippen molar-refractivity contribution in [3.63, 3.8) is 0 Å². The van der Waals surface area contributed by atoms with E-state index in [1.807, 2.05) is 37.3 Å². The third-order valence-electron chi connectivity index (χ3n) is 4.29. The molecule has 1 saturated carbocycles. The lowest BCUT2D eigenvalue weighted by atomic mass is 10.1. The Hall–Kier alpha value is -2.13. The minimum absolute atomic E-state index is 0.306. The van der Waals surface area contributed by atoms with E-state index in [0.29, 0.717) is 5.92 Å². The molecule has 0 aliphatic heterocycles. The summed E-state index contributed by atoms with van der Waals surface area (Å²) in [7, 11) is 0. The zero-order chi connectivity index (χ0) is 14.4. The Kier molecular flexibility index (Phi) is 2.82. The van der Waals surface area contributed by atoms with Crippen LogP contribution in [-0.4, -0.2) is 14.7 Å². The maximum atomic E-state index is 10.2. The van der Waals surface area contributed by atoms with Gasteiger partial charge in [-0.25, -0.2) is 4.98 Å². The van der Waals surface area contributed by atoms with Crippen molar-refractivity contribution in [1.29, 1.82) is 0 Å². The second-order valence-electron chi connectivity index (χ2n) is 5.86. The Morgan fingerprint density at radius 1 is 1.10 bits per heavy atom. The Bertz CT molecular complexity index is 785. The van der Waals surface area contributed by atoms with Crippen molar-refractivity contribution in [2.24, 2.45) is 5.92 Å². The van der Waals surface area contributed by atoms with Crippen molar-refractivity contribution in [2.45, 2.75) is 25.9 Å². The molecule has 2 aromatic carbocycles. The minimum Gasteiger partial charge on any atom is -0.388 e. The summed E-state index contributed by atoms with van der Waals surface area (Å²) in [4.78, 5) is 4.60. The van der Waals surface area contributed by atoms with E-state index in [0.717, 1.165) is 41.0 Å². The fraction of sp³-hybridized carbons (Fsp3) is 0.278. The van der Waals surface area contributed by atoms with Crippen LogP contribution in [-0.2, 0) is 0 Å². The van der Waals surface area contributed by atoms with E-state index >= 15 is 0 Å². The molecule has 1 unspecified atom stereocenters. The molecule has 1 aromatic heterocycles. The maximum Gasteiger partial charge on any atom is 0.111 e. The van der Waals surface area contributed by atoms with Gasteiger partial charge in [0, 0.05) is 5.69 Å². The molecule has 1 aliphatic rings. The van der Waals surface area contributed by atoms with Gasteiger partial charge in [-0.05, 0) is 55.5 Å². The predicted octanol–water partition coefficient (Wildman–Crippen LogP) is 3.78. The van der Waals surface area contributed by atoms with Gasteiger partial charge in [-0.15, -0.1) is 0 Å². The van der Waals surface area contributed by atoms with Crippen molar-refractivity contribution < 1.29 is 5.11 Å². The van der Waals surface area contributed by atoms with Gasteiger partial charge in [-0.2, -0.15) is 0 Å². The van der Waals surface area contributed by atoms with Crippen LogP contribution >= 0.6 is 0 Å². The number of para-hydroxylation sites is 2. The second-order valence-corrected chi connectivity index (χ2v) is 5.86. The number of aryl methyl sites for hydroxylation is 1. The fourth-order valence-corrected chi connectivity index (χ4v) is 2.98. The summed E-state index contributed by atoms with van der Waals surface area (Å²) >= 11 is 0. The number of nitrogens with zero attached hydrogens (tertiary/aromatic N) is 2. The average molecular weight is 278 g/mol. The molecule has 21 heavy (non-hydrogen) atoms. The third kappa shape index (κ3) is 2.14.